The normalized spacial score (nSPS) is 15.4. The summed E-state index contributed by atoms with van der Waals surface area (Å²) in [5.74, 6) is 0.523. The van der Waals surface area contributed by atoms with E-state index in [1.165, 1.54) is 24.1 Å². The van der Waals surface area contributed by atoms with Crippen molar-refractivity contribution < 1.29 is 9.66 Å². The zero-order chi connectivity index (χ0) is 19.1. The third-order valence-electron chi connectivity index (χ3n) is 5.13. The van der Waals surface area contributed by atoms with Crippen LogP contribution in [0.2, 0.25) is 0 Å². The van der Waals surface area contributed by atoms with Gasteiger partial charge in [-0.25, -0.2) is 0 Å². The van der Waals surface area contributed by atoms with E-state index in [1.807, 2.05) is 0 Å². The van der Waals surface area contributed by atoms with Crippen molar-refractivity contribution in [3.8, 4) is 5.75 Å². The average Bonchev–Trinajstić information content (AvgIpc) is 2.70. The number of rotatable bonds is 8. The fourth-order valence-electron chi connectivity index (χ4n) is 3.58. The molecule has 2 aromatic rings. The Morgan fingerprint density at radius 2 is 1.93 bits per heavy atom. The molecular weight excluding hydrogens is 342 g/mol. The van der Waals surface area contributed by atoms with Gasteiger partial charge in [0, 0.05) is 25.2 Å². The maximum Gasteiger partial charge on any atom is 0.273 e. The summed E-state index contributed by atoms with van der Waals surface area (Å²) in [4.78, 5) is 13.0. The first kappa shape index (κ1) is 19.2. The zero-order valence-corrected chi connectivity index (χ0v) is 15.8. The van der Waals surface area contributed by atoms with Gasteiger partial charge in [-0.3, -0.25) is 10.1 Å². The fourth-order valence-corrected chi connectivity index (χ4v) is 3.58. The van der Waals surface area contributed by atoms with Crippen LogP contribution in [0.1, 0.15) is 24.8 Å². The Balaban J connectivity index is 1.45. The number of methoxy groups -OCH3 is 1. The summed E-state index contributed by atoms with van der Waals surface area (Å²) < 4.78 is 5.32. The van der Waals surface area contributed by atoms with E-state index >= 15 is 0 Å². The lowest BCUT2D eigenvalue weighted by atomic mass is 10.0. The van der Waals surface area contributed by atoms with E-state index < -0.39 is 4.92 Å². The molecule has 1 aliphatic heterocycles. The summed E-state index contributed by atoms with van der Waals surface area (Å²) in [6, 6.07) is 15.7. The third-order valence-corrected chi connectivity index (χ3v) is 5.13. The molecule has 0 atom stereocenters. The number of aryl methyl sites for hydroxylation is 1. The second-order valence-electron chi connectivity index (χ2n) is 6.99. The van der Waals surface area contributed by atoms with Crippen molar-refractivity contribution >= 4 is 11.4 Å². The highest BCUT2D eigenvalue weighted by Gasteiger charge is 2.20. The summed E-state index contributed by atoms with van der Waals surface area (Å²) in [6.07, 6.45) is 4.42. The molecule has 6 nitrogen and oxygen atoms in total. The molecule has 0 spiro atoms. The van der Waals surface area contributed by atoms with Gasteiger partial charge in [0.25, 0.3) is 5.69 Å². The maximum absolute atomic E-state index is 10.9. The monoisotopic (exact) mass is 369 g/mol. The van der Waals surface area contributed by atoms with Crippen molar-refractivity contribution in [3.63, 3.8) is 0 Å². The fraction of sp³-hybridized carbons (Fsp3) is 0.429. The molecule has 0 saturated carbocycles. The van der Waals surface area contributed by atoms with Gasteiger partial charge in [-0.2, -0.15) is 0 Å². The van der Waals surface area contributed by atoms with E-state index in [9.17, 15) is 10.1 Å². The first-order valence-corrected chi connectivity index (χ1v) is 9.51. The minimum atomic E-state index is -0.403. The maximum atomic E-state index is 10.9. The van der Waals surface area contributed by atoms with Gasteiger partial charge >= 0.3 is 0 Å². The Hall–Kier alpha value is -2.60. The highest BCUT2D eigenvalue weighted by Crippen LogP contribution is 2.30. The number of nitrogens with one attached hydrogen (secondary N) is 1. The van der Waals surface area contributed by atoms with Crippen molar-refractivity contribution in [1.82, 2.24) is 4.90 Å². The van der Waals surface area contributed by atoms with E-state index in [4.69, 9.17) is 4.74 Å². The van der Waals surface area contributed by atoms with Crippen molar-refractivity contribution in [2.45, 2.75) is 31.7 Å². The van der Waals surface area contributed by atoms with E-state index in [1.54, 1.807) is 13.2 Å². The third kappa shape index (κ3) is 5.44. The van der Waals surface area contributed by atoms with Gasteiger partial charge < -0.3 is 15.0 Å². The van der Waals surface area contributed by atoms with Crippen molar-refractivity contribution in [2.24, 2.45) is 0 Å². The highest BCUT2D eigenvalue weighted by atomic mass is 16.6. The number of nitro groups is 1. The Bertz CT molecular complexity index is 744. The Morgan fingerprint density at radius 1 is 1.19 bits per heavy atom. The second kappa shape index (κ2) is 9.37. The van der Waals surface area contributed by atoms with Crippen LogP contribution >= 0.6 is 0 Å². The van der Waals surface area contributed by atoms with Crippen LogP contribution in [0.25, 0.3) is 0 Å². The molecular formula is C21H27N3O3. The SMILES string of the molecule is COc1cc([N+](=O)[O-])ccc1NC1CCN(CCCc2ccccc2)CC1. The summed E-state index contributed by atoms with van der Waals surface area (Å²) in [5.41, 5.74) is 2.27. The van der Waals surface area contributed by atoms with Gasteiger partial charge in [0.1, 0.15) is 5.75 Å². The summed E-state index contributed by atoms with van der Waals surface area (Å²) >= 11 is 0. The van der Waals surface area contributed by atoms with E-state index in [2.05, 4.69) is 40.5 Å². The van der Waals surface area contributed by atoms with Crippen molar-refractivity contribution in [3.05, 3.63) is 64.2 Å². The van der Waals surface area contributed by atoms with Crippen LogP contribution in [-0.2, 0) is 6.42 Å². The highest BCUT2D eigenvalue weighted by molar-refractivity contribution is 5.61. The first-order chi connectivity index (χ1) is 13.2. The van der Waals surface area contributed by atoms with Gasteiger partial charge in [0.05, 0.1) is 23.8 Å². The molecule has 1 heterocycles. The number of likely N-dealkylation sites (tertiary alicyclic amines) is 1. The molecule has 1 N–H and O–H groups in total. The number of benzene rings is 2. The Morgan fingerprint density at radius 3 is 2.59 bits per heavy atom. The molecule has 6 heteroatoms. The van der Waals surface area contributed by atoms with Crippen LogP contribution < -0.4 is 10.1 Å². The van der Waals surface area contributed by atoms with Gasteiger partial charge in [0.15, 0.2) is 0 Å². The molecule has 0 aromatic heterocycles. The van der Waals surface area contributed by atoms with Gasteiger partial charge in [0.2, 0.25) is 0 Å². The molecule has 0 bridgehead atoms. The molecule has 0 aliphatic carbocycles. The Kier molecular flexibility index (Phi) is 6.65. The number of hydrogen-bond donors (Lipinski definition) is 1. The van der Waals surface area contributed by atoms with Crippen molar-refractivity contribution in [1.29, 1.82) is 0 Å². The molecule has 0 radical (unpaired) electrons. The standard InChI is InChI=1S/C21H27N3O3/c1-27-21-16-19(24(25)26)9-10-20(21)22-18-11-14-23(15-12-18)13-5-8-17-6-3-2-4-7-17/h2-4,6-7,9-10,16,18,22H,5,8,11-15H2,1H3. The molecule has 0 unspecified atom stereocenters. The molecule has 1 saturated heterocycles. The zero-order valence-electron chi connectivity index (χ0n) is 15.8. The molecule has 27 heavy (non-hydrogen) atoms. The van der Waals surface area contributed by atoms with Gasteiger partial charge in [-0.15, -0.1) is 0 Å². The number of nitrogens with zero attached hydrogens (tertiary/aromatic N) is 2. The lowest BCUT2D eigenvalue weighted by Crippen LogP contribution is -2.39. The molecule has 144 valence electrons. The van der Waals surface area contributed by atoms with Gasteiger partial charge in [-0.1, -0.05) is 30.3 Å². The van der Waals surface area contributed by atoms with E-state index in [0.29, 0.717) is 11.8 Å². The predicted octanol–water partition coefficient (Wildman–Crippen LogP) is 4.11. The summed E-state index contributed by atoms with van der Waals surface area (Å²) in [6.45, 7) is 3.27. The number of ether oxygens (including phenoxy) is 1. The van der Waals surface area contributed by atoms with Gasteiger partial charge in [-0.05, 0) is 43.9 Å². The average molecular weight is 369 g/mol. The molecule has 0 amide bonds. The predicted molar refractivity (Wildman–Crippen MR) is 107 cm³/mol. The summed E-state index contributed by atoms with van der Waals surface area (Å²) in [7, 11) is 1.54. The number of nitro benzene ring substituents is 1. The topological polar surface area (TPSA) is 67.6 Å². The lowest BCUT2D eigenvalue weighted by molar-refractivity contribution is -0.384. The van der Waals surface area contributed by atoms with Crippen LogP contribution in [0.3, 0.4) is 0 Å². The molecule has 3 rings (SSSR count). The largest absolute Gasteiger partial charge is 0.494 e. The first-order valence-electron chi connectivity index (χ1n) is 9.51. The van der Waals surface area contributed by atoms with Crippen LogP contribution in [0, 0.1) is 10.1 Å². The number of hydrogen-bond acceptors (Lipinski definition) is 5. The minimum absolute atomic E-state index is 0.0469. The molecule has 1 fully saturated rings. The van der Waals surface area contributed by atoms with Crippen molar-refractivity contribution in [2.75, 3.05) is 32.1 Å². The molecule has 1 aliphatic rings. The van der Waals surface area contributed by atoms with Crippen LogP contribution in [0.4, 0.5) is 11.4 Å². The molecule has 2 aromatic carbocycles. The number of anilines is 1. The summed E-state index contributed by atoms with van der Waals surface area (Å²) in [5, 5.41) is 14.4. The lowest BCUT2D eigenvalue weighted by Gasteiger charge is -2.33. The van der Waals surface area contributed by atoms with Crippen LogP contribution in [0.5, 0.6) is 5.75 Å². The smallest absolute Gasteiger partial charge is 0.273 e. The second-order valence-corrected chi connectivity index (χ2v) is 6.99. The number of non-ortho nitro benzene ring substituents is 1. The van der Waals surface area contributed by atoms with E-state index in [0.717, 1.165) is 44.6 Å². The minimum Gasteiger partial charge on any atom is -0.494 e. The van der Waals surface area contributed by atoms with Crippen LogP contribution in [0.15, 0.2) is 48.5 Å². The van der Waals surface area contributed by atoms with Crippen LogP contribution in [-0.4, -0.2) is 42.6 Å². The quantitative estimate of drug-likeness (QED) is 0.560. The number of piperidine rings is 1. The van der Waals surface area contributed by atoms with E-state index in [-0.39, 0.29) is 5.69 Å². The Labute approximate surface area is 160 Å².